The number of hydrogen-bond donors (Lipinski definition) is 1. The molecule has 27 heavy (non-hydrogen) atoms. The van der Waals surface area contributed by atoms with E-state index in [1.807, 2.05) is 42.5 Å². The minimum absolute atomic E-state index is 0.0986. The van der Waals surface area contributed by atoms with Crippen molar-refractivity contribution in [3.8, 4) is 11.5 Å². The van der Waals surface area contributed by atoms with Crippen LogP contribution in [-0.2, 0) is 11.4 Å². The molecule has 2 aromatic carbocycles. The molecule has 4 rings (SSSR count). The third-order valence-electron chi connectivity index (χ3n) is 4.41. The predicted octanol–water partition coefficient (Wildman–Crippen LogP) is 3.45. The van der Waals surface area contributed by atoms with E-state index in [0.29, 0.717) is 29.1 Å². The summed E-state index contributed by atoms with van der Waals surface area (Å²) in [6, 6.07) is 12.9. The fourth-order valence-electron chi connectivity index (χ4n) is 3.05. The number of rotatable bonds is 5. The van der Waals surface area contributed by atoms with Crippen LogP contribution in [0.1, 0.15) is 23.6 Å². The highest BCUT2D eigenvalue weighted by molar-refractivity contribution is 6.31. The van der Waals surface area contributed by atoms with E-state index in [1.54, 1.807) is 11.8 Å². The second-order valence-electron chi connectivity index (χ2n) is 6.09. The normalized spacial score (nSPS) is 15.8. The first-order valence-electron chi connectivity index (χ1n) is 8.39. The summed E-state index contributed by atoms with van der Waals surface area (Å²) in [6.07, 6.45) is 1.70. The van der Waals surface area contributed by atoms with Crippen LogP contribution >= 0.6 is 11.6 Å². The second-order valence-corrected chi connectivity index (χ2v) is 6.49. The smallest absolute Gasteiger partial charge is 0.229 e. The van der Waals surface area contributed by atoms with Crippen molar-refractivity contribution in [3.63, 3.8) is 0 Å². The molecule has 0 unspecified atom stereocenters. The van der Waals surface area contributed by atoms with Crippen LogP contribution in [0, 0.1) is 0 Å². The lowest BCUT2D eigenvalue weighted by atomic mass is 10.0. The number of carbonyl (C=O) groups excluding carboxylic acids is 1. The molecule has 3 aromatic rings. The van der Waals surface area contributed by atoms with Gasteiger partial charge < -0.3 is 9.47 Å². The average molecular weight is 385 g/mol. The van der Waals surface area contributed by atoms with Crippen LogP contribution in [-0.4, -0.2) is 27.8 Å². The first kappa shape index (κ1) is 17.4. The number of aromatic nitrogens is 3. The number of amides is 1. The summed E-state index contributed by atoms with van der Waals surface area (Å²) < 4.78 is 13.1. The number of ether oxygens (including phenoxy) is 2. The zero-order chi connectivity index (χ0) is 18.8. The van der Waals surface area contributed by atoms with Crippen LogP contribution in [0.4, 0.5) is 5.95 Å². The van der Waals surface area contributed by atoms with Gasteiger partial charge in [0.25, 0.3) is 0 Å². The largest absolute Gasteiger partial charge is 0.493 e. The van der Waals surface area contributed by atoms with Gasteiger partial charge in [0, 0.05) is 10.6 Å². The van der Waals surface area contributed by atoms with Crippen molar-refractivity contribution in [2.75, 3.05) is 12.4 Å². The predicted molar refractivity (Wildman–Crippen MR) is 100 cm³/mol. The van der Waals surface area contributed by atoms with Crippen LogP contribution in [0.5, 0.6) is 11.5 Å². The third-order valence-corrected chi connectivity index (χ3v) is 4.78. The molecule has 138 valence electrons. The molecule has 0 radical (unpaired) electrons. The zero-order valence-corrected chi connectivity index (χ0v) is 15.3. The Kier molecular flexibility index (Phi) is 4.68. The van der Waals surface area contributed by atoms with Gasteiger partial charge in [-0.1, -0.05) is 35.9 Å². The molecule has 0 saturated carbocycles. The Balaban J connectivity index is 1.59. The highest BCUT2D eigenvalue weighted by atomic mass is 35.5. The molecule has 0 saturated heterocycles. The fourth-order valence-corrected chi connectivity index (χ4v) is 3.24. The lowest BCUT2D eigenvalue weighted by Crippen LogP contribution is -2.29. The van der Waals surface area contributed by atoms with Gasteiger partial charge in [0.15, 0.2) is 11.5 Å². The Bertz CT molecular complexity index is 989. The molecule has 0 bridgehead atoms. The van der Waals surface area contributed by atoms with Gasteiger partial charge >= 0.3 is 0 Å². The van der Waals surface area contributed by atoms with Crippen LogP contribution < -0.4 is 14.8 Å². The van der Waals surface area contributed by atoms with E-state index in [4.69, 9.17) is 21.1 Å². The van der Waals surface area contributed by atoms with Gasteiger partial charge in [-0.25, -0.2) is 4.68 Å². The van der Waals surface area contributed by atoms with Gasteiger partial charge in [0.2, 0.25) is 11.9 Å². The standard InChI is InChI=1S/C19H17ClN4O3/c1-26-17-8-12(15-9-18(25)23-19-21-11-22-24(15)19)6-7-16(17)27-10-13-4-2-3-5-14(13)20/h2-8,11,15H,9-10H2,1H3,(H,21,22,23,25)/t15-/m1/s1. The van der Waals surface area contributed by atoms with Gasteiger partial charge in [0.1, 0.15) is 12.9 Å². The van der Waals surface area contributed by atoms with Crippen molar-refractivity contribution in [2.24, 2.45) is 0 Å². The molecule has 2 heterocycles. The van der Waals surface area contributed by atoms with Gasteiger partial charge in [-0.2, -0.15) is 10.1 Å². The molecule has 1 atom stereocenters. The molecule has 1 aliphatic heterocycles. The van der Waals surface area contributed by atoms with Gasteiger partial charge in [-0.3, -0.25) is 10.1 Å². The molecule has 1 amide bonds. The zero-order valence-electron chi connectivity index (χ0n) is 14.6. The number of carbonyl (C=O) groups is 1. The summed E-state index contributed by atoms with van der Waals surface area (Å²) in [4.78, 5) is 16.0. The summed E-state index contributed by atoms with van der Waals surface area (Å²) in [7, 11) is 1.58. The van der Waals surface area contributed by atoms with Crippen LogP contribution in [0.2, 0.25) is 5.02 Å². The molecular formula is C19H17ClN4O3. The molecule has 1 aromatic heterocycles. The van der Waals surface area contributed by atoms with Crippen LogP contribution in [0.15, 0.2) is 48.8 Å². The van der Waals surface area contributed by atoms with Crippen molar-refractivity contribution in [1.82, 2.24) is 14.8 Å². The molecule has 0 aliphatic carbocycles. The Hall–Kier alpha value is -3.06. The Morgan fingerprint density at radius 3 is 2.93 bits per heavy atom. The number of methoxy groups -OCH3 is 1. The number of nitrogens with one attached hydrogen (secondary N) is 1. The maximum Gasteiger partial charge on any atom is 0.229 e. The summed E-state index contributed by atoms with van der Waals surface area (Å²) in [5.41, 5.74) is 1.78. The fraction of sp³-hybridized carbons (Fsp3) is 0.211. The highest BCUT2D eigenvalue weighted by Crippen LogP contribution is 2.35. The van der Waals surface area contributed by atoms with Crippen molar-refractivity contribution in [1.29, 1.82) is 0 Å². The summed E-state index contributed by atoms with van der Waals surface area (Å²) in [5.74, 6) is 1.51. The Morgan fingerprint density at radius 1 is 1.26 bits per heavy atom. The quantitative estimate of drug-likeness (QED) is 0.729. The number of benzene rings is 2. The van der Waals surface area contributed by atoms with Crippen molar-refractivity contribution in [2.45, 2.75) is 19.1 Å². The summed E-state index contributed by atoms with van der Waals surface area (Å²) >= 11 is 6.18. The molecule has 7 nitrogen and oxygen atoms in total. The maximum absolute atomic E-state index is 12.0. The number of nitrogens with zero attached hydrogens (tertiary/aromatic N) is 3. The second kappa shape index (κ2) is 7.28. The molecule has 8 heteroatoms. The maximum atomic E-state index is 12.0. The molecule has 0 spiro atoms. The Morgan fingerprint density at radius 2 is 2.11 bits per heavy atom. The number of hydrogen-bond acceptors (Lipinski definition) is 5. The van der Waals surface area contributed by atoms with E-state index in [0.717, 1.165) is 11.1 Å². The van der Waals surface area contributed by atoms with E-state index in [1.165, 1.54) is 6.33 Å². The lowest BCUT2D eigenvalue weighted by Gasteiger charge is -2.24. The van der Waals surface area contributed by atoms with Crippen molar-refractivity contribution in [3.05, 3.63) is 64.9 Å². The first-order valence-corrected chi connectivity index (χ1v) is 8.77. The van der Waals surface area contributed by atoms with E-state index in [-0.39, 0.29) is 18.4 Å². The topological polar surface area (TPSA) is 78.3 Å². The molecule has 0 fully saturated rings. The van der Waals surface area contributed by atoms with Gasteiger partial charge in [-0.05, 0) is 23.8 Å². The van der Waals surface area contributed by atoms with E-state index >= 15 is 0 Å². The molecule has 1 N–H and O–H groups in total. The van der Waals surface area contributed by atoms with Gasteiger partial charge in [-0.15, -0.1) is 0 Å². The lowest BCUT2D eigenvalue weighted by molar-refractivity contribution is -0.117. The van der Waals surface area contributed by atoms with E-state index in [9.17, 15) is 4.79 Å². The number of fused-ring (bicyclic) bond motifs is 1. The monoisotopic (exact) mass is 384 g/mol. The minimum atomic E-state index is -0.247. The first-order chi connectivity index (χ1) is 13.2. The number of anilines is 1. The van der Waals surface area contributed by atoms with E-state index in [2.05, 4.69) is 15.4 Å². The molecular weight excluding hydrogens is 368 g/mol. The summed E-state index contributed by atoms with van der Waals surface area (Å²) in [6.45, 7) is 0.328. The number of halogens is 1. The van der Waals surface area contributed by atoms with E-state index < -0.39 is 0 Å². The SMILES string of the molecule is COc1cc([C@H]2CC(=O)Nc3ncnn32)ccc1OCc1ccccc1Cl. The minimum Gasteiger partial charge on any atom is -0.493 e. The van der Waals surface area contributed by atoms with Crippen LogP contribution in [0.3, 0.4) is 0 Å². The Labute approximate surface area is 160 Å². The average Bonchev–Trinajstić information content (AvgIpc) is 3.15. The summed E-state index contributed by atoms with van der Waals surface area (Å²) in [5, 5.41) is 7.57. The van der Waals surface area contributed by atoms with Crippen molar-refractivity contribution < 1.29 is 14.3 Å². The highest BCUT2D eigenvalue weighted by Gasteiger charge is 2.28. The molecule has 1 aliphatic rings. The van der Waals surface area contributed by atoms with Crippen LogP contribution in [0.25, 0.3) is 0 Å². The third kappa shape index (κ3) is 3.46. The van der Waals surface area contributed by atoms with Gasteiger partial charge in [0.05, 0.1) is 19.6 Å². The van der Waals surface area contributed by atoms with Crippen molar-refractivity contribution >= 4 is 23.5 Å².